The molecule has 0 heterocycles. The summed E-state index contributed by atoms with van der Waals surface area (Å²) >= 11 is 2.16. The first-order valence-corrected chi connectivity index (χ1v) is 8.09. The fourth-order valence-corrected chi connectivity index (χ4v) is 3.94. The zero-order valence-electron chi connectivity index (χ0n) is 11.5. The second-order valence-electron chi connectivity index (χ2n) is 5.37. The van der Waals surface area contributed by atoms with E-state index in [1.54, 1.807) is 0 Å². The van der Waals surface area contributed by atoms with Crippen molar-refractivity contribution < 1.29 is 0 Å². The molecule has 1 aliphatic rings. The topological polar surface area (TPSA) is 12.0 Å². The van der Waals surface area contributed by atoms with Gasteiger partial charge in [0, 0.05) is 17.3 Å². The summed E-state index contributed by atoms with van der Waals surface area (Å²) in [5.74, 6) is 2.04. The van der Waals surface area contributed by atoms with Crippen molar-refractivity contribution >= 4 is 11.8 Å². The molecule has 0 aromatic carbocycles. The summed E-state index contributed by atoms with van der Waals surface area (Å²) in [5.41, 5.74) is 0. The molecule has 3 unspecified atom stereocenters. The van der Waals surface area contributed by atoms with Gasteiger partial charge >= 0.3 is 0 Å². The highest BCUT2D eigenvalue weighted by Crippen LogP contribution is 2.29. The molecule has 1 rings (SSSR count). The molecule has 96 valence electrons. The molecule has 0 bridgehead atoms. The van der Waals surface area contributed by atoms with Gasteiger partial charge in [0.15, 0.2) is 0 Å². The van der Waals surface area contributed by atoms with Gasteiger partial charge in [-0.2, -0.15) is 11.8 Å². The maximum atomic E-state index is 3.88. The zero-order valence-corrected chi connectivity index (χ0v) is 12.3. The molecule has 1 fully saturated rings. The van der Waals surface area contributed by atoms with Crippen LogP contribution in [0.3, 0.4) is 0 Å². The highest BCUT2D eigenvalue weighted by atomic mass is 32.2. The van der Waals surface area contributed by atoms with Crippen LogP contribution >= 0.6 is 11.8 Å². The van der Waals surface area contributed by atoms with Crippen molar-refractivity contribution in [3.8, 4) is 0 Å². The number of hydrogen-bond acceptors (Lipinski definition) is 2. The van der Waals surface area contributed by atoms with Crippen LogP contribution in [0.1, 0.15) is 59.8 Å². The van der Waals surface area contributed by atoms with Gasteiger partial charge in [-0.15, -0.1) is 0 Å². The minimum Gasteiger partial charge on any atom is -0.311 e. The minimum atomic E-state index is 0.718. The summed E-state index contributed by atoms with van der Waals surface area (Å²) in [6, 6.07) is 1.50. The van der Waals surface area contributed by atoms with Crippen molar-refractivity contribution in [2.45, 2.75) is 77.1 Å². The van der Waals surface area contributed by atoms with E-state index in [1.807, 2.05) is 0 Å². The first-order chi connectivity index (χ1) is 7.67. The van der Waals surface area contributed by atoms with Crippen LogP contribution in [0.2, 0.25) is 0 Å². The number of nitrogens with one attached hydrogen (secondary N) is 1. The molecule has 0 aliphatic heterocycles. The normalized spacial score (nSPS) is 28.3. The van der Waals surface area contributed by atoms with Gasteiger partial charge in [0.2, 0.25) is 0 Å². The largest absolute Gasteiger partial charge is 0.311 e. The van der Waals surface area contributed by atoms with Crippen LogP contribution in [0.15, 0.2) is 0 Å². The molecule has 1 aliphatic carbocycles. The Hall–Kier alpha value is 0.310. The van der Waals surface area contributed by atoms with Crippen LogP contribution in [0.5, 0.6) is 0 Å². The predicted molar refractivity (Wildman–Crippen MR) is 76.2 cm³/mol. The highest BCUT2D eigenvalue weighted by Gasteiger charge is 2.24. The van der Waals surface area contributed by atoms with Crippen LogP contribution in [-0.2, 0) is 0 Å². The Balaban J connectivity index is 2.35. The maximum absolute atomic E-state index is 3.88. The number of hydrogen-bond donors (Lipinski definition) is 1. The molecule has 1 N–H and O–H groups in total. The van der Waals surface area contributed by atoms with Gasteiger partial charge < -0.3 is 5.32 Å². The van der Waals surface area contributed by atoms with Gasteiger partial charge in [0.1, 0.15) is 0 Å². The summed E-state index contributed by atoms with van der Waals surface area (Å²) in [5, 5.41) is 4.80. The molecule has 3 atom stereocenters. The molecule has 1 saturated carbocycles. The van der Waals surface area contributed by atoms with E-state index >= 15 is 0 Å². The van der Waals surface area contributed by atoms with E-state index in [4.69, 9.17) is 0 Å². The first kappa shape index (κ1) is 14.4. The molecule has 0 saturated heterocycles. The Morgan fingerprint density at radius 3 is 2.56 bits per heavy atom. The fourth-order valence-electron chi connectivity index (χ4n) is 2.77. The van der Waals surface area contributed by atoms with Gasteiger partial charge in [0.25, 0.3) is 0 Å². The first-order valence-electron chi connectivity index (χ1n) is 7.05. The molecule has 0 aromatic rings. The van der Waals surface area contributed by atoms with Gasteiger partial charge in [-0.1, -0.05) is 34.1 Å². The van der Waals surface area contributed by atoms with Crippen molar-refractivity contribution in [1.29, 1.82) is 0 Å². The predicted octanol–water partition coefficient (Wildman–Crippen LogP) is 4.07. The van der Waals surface area contributed by atoms with Gasteiger partial charge in [-0.25, -0.2) is 0 Å². The lowest BCUT2D eigenvalue weighted by molar-refractivity contribution is 0.295. The lowest BCUT2D eigenvalue weighted by Crippen LogP contribution is -2.43. The summed E-state index contributed by atoms with van der Waals surface area (Å²) in [6.45, 7) is 9.26. The Labute approximate surface area is 106 Å². The Bertz CT molecular complexity index is 180. The third-order valence-corrected chi connectivity index (χ3v) is 4.96. The summed E-state index contributed by atoms with van der Waals surface area (Å²) < 4.78 is 0. The molecule has 0 aromatic heterocycles. The van der Waals surface area contributed by atoms with E-state index in [0.29, 0.717) is 0 Å². The van der Waals surface area contributed by atoms with E-state index in [2.05, 4.69) is 44.8 Å². The van der Waals surface area contributed by atoms with E-state index in [0.717, 1.165) is 23.3 Å². The van der Waals surface area contributed by atoms with Crippen LogP contribution in [-0.4, -0.2) is 23.1 Å². The van der Waals surface area contributed by atoms with E-state index in [1.165, 1.54) is 37.9 Å². The Morgan fingerprint density at radius 1 is 1.25 bits per heavy atom. The zero-order chi connectivity index (χ0) is 12.0. The van der Waals surface area contributed by atoms with Gasteiger partial charge in [-0.3, -0.25) is 0 Å². The molecular weight excluding hydrogens is 214 g/mol. The standard InChI is InChI=1S/C14H29NS/c1-5-14(11(3)4)15-12-8-7-9-13(10-12)16-6-2/h11-15H,5-10H2,1-4H3. The van der Waals surface area contributed by atoms with Crippen molar-refractivity contribution in [3.05, 3.63) is 0 Å². The maximum Gasteiger partial charge on any atom is 0.00900 e. The SMILES string of the molecule is CCSC1CCCC(NC(CC)C(C)C)C1. The second-order valence-corrected chi connectivity index (χ2v) is 6.94. The Kier molecular flexibility index (Phi) is 6.83. The average Bonchev–Trinajstić information content (AvgIpc) is 2.26. The Morgan fingerprint density at radius 2 is 2.00 bits per heavy atom. The third kappa shape index (κ3) is 4.67. The molecule has 1 nitrogen and oxygen atoms in total. The number of rotatable bonds is 6. The van der Waals surface area contributed by atoms with E-state index in [-0.39, 0.29) is 0 Å². The summed E-state index contributed by atoms with van der Waals surface area (Å²) in [6.07, 6.45) is 6.91. The second kappa shape index (κ2) is 7.60. The molecule has 0 radical (unpaired) electrons. The van der Waals surface area contributed by atoms with E-state index < -0.39 is 0 Å². The van der Waals surface area contributed by atoms with Crippen molar-refractivity contribution in [1.82, 2.24) is 5.32 Å². The molecule has 0 amide bonds. The quantitative estimate of drug-likeness (QED) is 0.754. The van der Waals surface area contributed by atoms with Crippen molar-refractivity contribution in [2.75, 3.05) is 5.75 Å². The molecular formula is C14H29NS. The smallest absolute Gasteiger partial charge is 0.00900 e. The van der Waals surface area contributed by atoms with Crippen LogP contribution in [0, 0.1) is 5.92 Å². The van der Waals surface area contributed by atoms with Crippen LogP contribution in [0.4, 0.5) is 0 Å². The summed E-state index contributed by atoms with van der Waals surface area (Å²) in [7, 11) is 0. The van der Waals surface area contributed by atoms with Gasteiger partial charge in [-0.05, 0) is 37.4 Å². The van der Waals surface area contributed by atoms with Gasteiger partial charge in [0.05, 0.1) is 0 Å². The molecule has 0 spiro atoms. The average molecular weight is 243 g/mol. The fraction of sp³-hybridized carbons (Fsp3) is 1.00. The third-order valence-electron chi connectivity index (χ3n) is 3.72. The lowest BCUT2D eigenvalue weighted by atomic mass is 9.92. The molecule has 16 heavy (non-hydrogen) atoms. The monoisotopic (exact) mass is 243 g/mol. The minimum absolute atomic E-state index is 0.718. The lowest BCUT2D eigenvalue weighted by Gasteiger charge is -2.33. The van der Waals surface area contributed by atoms with E-state index in [9.17, 15) is 0 Å². The van der Waals surface area contributed by atoms with Crippen molar-refractivity contribution in [3.63, 3.8) is 0 Å². The highest BCUT2D eigenvalue weighted by molar-refractivity contribution is 7.99. The van der Waals surface area contributed by atoms with Crippen molar-refractivity contribution in [2.24, 2.45) is 5.92 Å². The van der Waals surface area contributed by atoms with Crippen LogP contribution in [0.25, 0.3) is 0 Å². The molecule has 2 heteroatoms. The van der Waals surface area contributed by atoms with Crippen LogP contribution < -0.4 is 5.32 Å². The summed E-state index contributed by atoms with van der Waals surface area (Å²) in [4.78, 5) is 0. The number of thioether (sulfide) groups is 1.